The maximum Gasteiger partial charge on any atom is 0.325 e. The molecule has 1 aromatic rings. The van der Waals surface area contributed by atoms with Crippen LogP contribution in [0, 0.1) is 5.92 Å². The van der Waals surface area contributed by atoms with Crippen molar-refractivity contribution in [1.29, 1.82) is 0 Å². The highest BCUT2D eigenvalue weighted by molar-refractivity contribution is 6.09. The molecule has 1 aromatic carbocycles. The van der Waals surface area contributed by atoms with Gasteiger partial charge in [-0.2, -0.15) is 0 Å². The van der Waals surface area contributed by atoms with Crippen LogP contribution in [-0.4, -0.2) is 48.5 Å². The highest BCUT2D eigenvalue weighted by Gasteiger charge is 2.49. The number of rotatable bonds is 8. The molecule has 0 aromatic heterocycles. The van der Waals surface area contributed by atoms with Crippen LogP contribution in [0.4, 0.5) is 4.79 Å². The molecule has 162 valence electrons. The molecule has 2 atom stereocenters. The van der Waals surface area contributed by atoms with Gasteiger partial charge >= 0.3 is 6.03 Å². The first kappa shape index (κ1) is 24.7. The fourth-order valence-electron chi connectivity index (χ4n) is 3.57. The monoisotopic (exact) mass is 426 g/mol. The Balaban J connectivity index is 0.00000420. The molecule has 29 heavy (non-hydrogen) atoms. The molecule has 0 radical (unpaired) electrons. The van der Waals surface area contributed by atoms with Crippen molar-refractivity contribution in [3.8, 4) is 5.75 Å². The highest BCUT2D eigenvalue weighted by Crippen LogP contribution is 2.30. The van der Waals surface area contributed by atoms with E-state index in [-0.39, 0.29) is 25.5 Å². The van der Waals surface area contributed by atoms with Gasteiger partial charge in [0.2, 0.25) is 5.91 Å². The minimum atomic E-state index is -1.24. The van der Waals surface area contributed by atoms with E-state index in [1.165, 1.54) is 0 Å². The maximum atomic E-state index is 12.9. The minimum Gasteiger partial charge on any atom is -0.497 e. The summed E-state index contributed by atoms with van der Waals surface area (Å²) in [7, 11) is 1.55. The number of benzene rings is 1. The molecule has 9 heteroatoms. The van der Waals surface area contributed by atoms with Crippen molar-refractivity contribution in [3.63, 3.8) is 0 Å². The van der Waals surface area contributed by atoms with Crippen molar-refractivity contribution < 1.29 is 19.1 Å². The molecule has 1 fully saturated rings. The fourth-order valence-corrected chi connectivity index (χ4v) is 3.57. The van der Waals surface area contributed by atoms with Crippen LogP contribution >= 0.6 is 12.4 Å². The Morgan fingerprint density at radius 3 is 2.38 bits per heavy atom. The number of carbonyl (C=O) groups excluding carboxylic acids is 3. The Morgan fingerprint density at radius 1 is 1.31 bits per heavy atom. The molecule has 0 spiro atoms. The average molecular weight is 427 g/mol. The van der Waals surface area contributed by atoms with Gasteiger partial charge in [-0.15, -0.1) is 12.4 Å². The van der Waals surface area contributed by atoms with E-state index in [1.54, 1.807) is 38.3 Å². The Labute approximate surface area is 177 Å². The Morgan fingerprint density at radius 2 is 1.90 bits per heavy atom. The van der Waals surface area contributed by atoms with Gasteiger partial charge in [0.05, 0.1) is 7.11 Å². The third-order valence-corrected chi connectivity index (χ3v) is 4.99. The Kier molecular flexibility index (Phi) is 8.06. The van der Waals surface area contributed by atoms with Crippen LogP contribution in [0.15, 0.2) is 24.3 Å². The van der Waals surface area contributed by atoms with Gasteiger partial charge in [0.1, 0.15) is 17.8 Å². The molecule has 2 rings (SSSR count). The first-order chi connectivity index (χ1) is 13.0. The molecule has 2 unspecified atom stereocenters. The second-order valence-electron chi connectivity index (χ2n) is 8.09. The van der Waals surface area contributed by atoms with E-state index in [2.05, 4.69) is 10.6 Å². The van der Waals surface area contributed by atoms with E-state index in [1.807, 2.05) is 20.8 Å². The Bertz CT molecular complexity index is 755. The number of nitrogens with two attached hydrogens (primary N) is 1. The zero-order valence-corrected chi connectivity index (χ0v) is 18.4. The molecule has 1 aliphatic heterocycles. The predicted molar refractivity (Wildman–Crippen MR) is 113 cm³/mol. The molecule has 4 N–H and O–H groups in total. The number of hydrogen-bond donors (Lipinski definition) is 3. The van der Waals surface area contributed by atoms with E-state index in [4.69, 9.17) is 10.5 Å². The molecule has 1 aliphatic rings. The number of methoxy groups -OCH3 is 1. The van der Waals surface area contributed by atoms with Crippen molar-refractivity contribution in [2.45, 2.75) is 45.2 Å². The van der Waals surface area contributed by atoms with Crippen LogP contribution in [0.1, 0.15) is 39.7 Å². The second kappa shape index (κ2) is 9.45. The van der Waals surface area contributed by atoms with Gasteiger partial charge in [-0.25, -0.2) is 4.79 Å². The van der Waals surface area contributed by atoms with Crippen molar-refractivity contribution in [1.82, 2.24) is 15.5 Å². The summed E-state index contributed by atoms with van der Waals surface area (Å²) >= 11 is 0. The van der Waals surface area contributed by atoms with Crippen LogP contribution in [0.25, 0.3) is 0 Å². The molecular formula is C20H31ClN4O4. The number of halogens is 1. The van der Waals surface area contributed by atoms with Crippen molar-refractivity contribution in [3.05, 3.63) is 29.8 Å². The first-order valence-electron chi connectivity index (χ1n) is 9.34. The minimum absolute atomic E-state index is 0. The van der Waals surface area contributed by atoms with Gasteiger partial charge in [-0.1, -0.05) is 26.0 Å². The van der Waals surface area contributed by atoms with Gasteiger partial charge in [-0.3, -0.25) is 14.5 Å². The SMILES string of the molecule is COc1ccc(C2(C)NC(=O)N(CC(=O)NC(C)(CN)CC(C)C)C2=O)cc1.Cl. The van der Waals surface area contributed by atoms with Crippen molar-refractivity contribution in [2.24, 2.45) is 11.7 Å². The van der Waals surface area contributed by atoms with Crippen LogP contribution < -0.4 is 21.1 Å². The summed E-state index contributed by atoms with van der Waals surface area (Å²) in [6, 6.07) is 6.27. The fraction of sp³-hybridized carbons (Fsp3) is 0.550. The zero-order valence-electron chi connectivity index (χ0n) is 17.6. The number of ether oxygens (including phenoxy) is 1. The maximum absolute atomic E-state index is 12.9. The number of urea groups is 1. The summed E-state index contributed by atoms with van der Waals surface area (Å²) in [5, 5.41) is 5.56. The summed E-state index contributed by atoms with van der Waals surface area (Å²) in [6.45, 7) is 7.47. The zero-order chi connectivity index (χ0) is 21.1. The number of nitrogens with zero attached hydrogens (tertiary/aromatic N) is 1. The third-order valence-electron chi connectivity index (χ3n) is 4.99. The van der Waals surface area contributed by atoms with E-state index < -0.39 is 28.9 Å². The van der Waals surface area contributed by atoms with Crippen LogP contribution in [0.3, 0.4) is 0 Å². The Hall–Kier alpha value is -2.32. The van der Waals surface area contributed by atoms with E-state index in [9.17, 15) is 14.4 Å². The average Bonchev–Trinajstić information content (AvgIpc) is 2.85. The van der Waals surface area contributed by atoms with Crippen LogP contribution in [0.5, 0.6) is 5.75 Å². The summed E-state index contributed by atoms with van der Waals surface area (Å²) in [5.41, 5.74) is 4.61. The van der Waals surface area contributed by atoms with Gasteiger partial charge < -0.3 is 21.1 Å². The number of carbonyl (C=O) groups is 3. The van der Waals surface area contributed by atoms with Gasteiger partial charge in [0.15, 0.2) is 0 Å². The lowest BCUT2D eigenvalue weighted by Crippen LogP contribution is -2.55. The molecule has 8 nitrogen and oxygen atoms in total. The smallest absolute Gasteiger partial charge is 0.325 e. The topological polar surface area (TPSA) is 114 Å². The highest BCUT2D eigenvalue weighted by atomic mass is 35.5. The lowest BCUT2D eigenvalue weighted by molar-refractivity contribution is -0.135. The summed E-state index contributed by atoms with van der Waals surface area (Å²) in [5.74, 6) is 0.0859. The lowest BCUT2D eigenvalue weighted by atomic mass is 9.90. The molecule has 1 heterocycles. The standard InChI is InChI=1S/C20H30N4O4.ClH/c1-13(2)10-19(3,12-21)22-16(25)11-24-17(26)20(4,23-18(24)27)14-6-8-15(28-5)9-7-14;/h6-9,13H,10-12,21H2,1-5H3,(H,22,25)(H,23,27);1H. The van der Waals surface area contributed by atoms with E-state index in [0.717, 1.165) is 4.90 Å². The molecule has 4 amide bonds. The third kappa shape index (κ3) is 5.39. The normalized spacial score (nSPS) is 20.7. The number of nitrogens with one attached hydrogen (secondary N) is 2. The molecule has 1 saturated heterocycles. The molecule has 0 bridgehead atoms. The second-order valence-corrected chi connectivity index (χ2v) is 8.09. The van der Waals surface area contributed by atoms with Gasteiger partial charge in [0.25, 0.3) is 5.91 Å². The van der Waals surface area contributed by atoms with E-state index in [0.29, 0.717) is 23.7 Å². The molecular weight excluding hydrogens is 396 g/mol. The predicted octanol–water partition coefficient (Wildman–Crippen LogP) is 1.76. The van der Waals surface area contributed by atoms with Crippen molar-refractivity contribution >= 4 is 30.3 Å². The number of hydrogen-bond acceptors (Lipinski definition) is 5. The van der Waals surface area contributed by atoms with Crippen LogP contribution in [-0.2, 0) is 15.1 Å². The lowest BCUT2D eigenvalue weighted by Gasteiger charge is -2.31. The molecule has 0 saturated carbocycles. The first-order valence-corrected chi connectivity index (χ1v) is 9.34. The van der Waals surface area contributed by atoms with E-state index >= 15 is 0 Å². The largest absolute Gasteiger partial charge is 0.497 e. The number of imide groups is 1. The summed E-state index contributed by atoms with van der Waals surface area (Å²) < 4.78 is 5.12. The molecule has 0 aliphatic carbocycles. The quantitative estimate of drug-likeness (QED) is 0.548. The summed E-state index contributed by atoms with van der Waals surface area (Å²) in [6.07, 6.45) is 0.693. The number of amides is 4. The van der Waals surface area contributed by atoms with Crippen LogP contribution in [0.2, 0.25) is 0 Å². The van der Waals surface area contributed by atoms with Gasteiger partial charge in [0, 0.05) is 12.1 Å². The summed E-state index contributed by atoms with van der Waals surface area (Å²) in [4.78, 5) is 38.8. The van der Waals surface area contributed by atoms with Crippen molar-refractivity contribution in [2.75, 3.05) is 20.2 Å². The van der Waals surface area contributed by atoms with Gasteiger partial charge in [-0.05, 0) is 43.9 Å².